The van der Waals surface area contributed by atoms with Gasteiger partial charge < -0.3 is 13.8 Å². The van der Waals surface area contributed by atoms with E-state index < -0.39 is 10.0 Å². The second kappa shape index (κ2) is 9.03. The van der Waals surface area contributed by atoms with Gasteiger partial charge in [-0.05, 0) is 43.5 Å². The molecule has 1 amide bonds. The van der Waals surface area contributed by atoms with Gasteiger partial charge in [0.15, 0.2) is 0 Å². The number of aryl methyl sites for hydroxylation is 1. The van der Waals surface area contributed by atoms with Crippen LogP contribution in [0, 0.1) is 6.92 Å². The Morgan fingerprint density at radius 2 is 1.94 bits per heavy atom. The lowest BCUT2D eigenvalue weighted by atomic mass is 10.1. The van der Waals surface area contributed by atoms with Gasteiger partial charge in [0.1, 0.15) is 5.76 Å². The van der Waals surface area contributed by atoms with Crippen molar-refractivity contribution in [3.8, 4) is 11.4 Å². The smallest absolute Gasteiger partial charge is 0.316 e. The average molecular weight is 445 g/mol. The van der Waals surface area contributed by atoms with Crippen LogP contribution in [0.4, 0.5) is 0 Å². The van der Waals surface area contributed by atoms with E-state index >= 15 is 0 Å². The number of aromatic nitrogens is 2. The van der Waals surface area contributed by atoms with E-state index in [0.717, 1.165) is 25.7 Å². The first-order valence-electron chi connectivity index (χ1n) is 10.2. The quantitative estimate of drug-likeness (QED) is 0.620. The first-order valence-corrected chi connectivity index (χ1v) is 11.7. The second-order valence-corrected chi connectivity index (χ2v) is 9.25. The molecule has 0 aliphatic carbocycles. The van der Waals surface area contributed by atoms with E-state index in [1.165, 1.54) is 12.3 Å². The molecule has 1 saturated heterocycles. The summed E-state index contributed by atoms with van der Waals surface area (Å²) in [5, 5.41) is 3.90. The summed E-state index contributed by atoms with van der Waals surface area (Å²) in [6.45, 7) is 3.08. The van der Waals surface area contributed by atoms with Crippen molar-refractivity contribution in [1.29, 1.82) is 0 Å². The maximum Gasteiger partial charge on any atom is 0.316 e. The predicted octanol–water partition coefficient (Wildman–Crippen LogP) is 3.13. The zero-order valence-electron chi connectivity index (χ0n) is 17.2. The molecule has 3 heterocycles. The van der Waals surface area contributed by atoms with Crippen molar-refractivity contribution >= 4 is 15.9 Å². The van der Waals surface area contributed by atoms with Gasteiger partial charge in [-0.2, -0.15) is 4.98 Å². The van der Waals surface area contributed by atoms with Crippen molar-refractivity contribution in [3.05, 3.63) is 53.8 Å². The molecule has 1 aromatic carbocycles. The molecule has 1 aliphatic rings. The summed E-state index contributed by atoms with van der Waals surface area (Å²) >= 11 is 0. The van der Waals surface area contributed by atoms with Crippen LogP contribution >= 0.6 is 0 Å². The standard InChI is InChI=1S/C21H24N4O5S/c1-15-8-9-16(13-18(15)31(27,28)22-14-17-7-6-12-29-17)19-23-20(30-24-19)21(26)25-10-4-2-3-5-11-25/h6-9,12-13,22H,2-5,10-11,14H2,1H3. The third-order valence-electron chi connectivity index (χ3n) is 5.25. The third-order valence-corrected chi connectivity index (χ3v) is 6.80. The van der Waals surface area contributed by atoms with Gasteiger partial charge in [0.2, 0.25) is 15.8 Å². The normalized spacial score (nSPS) is 15.1. The fourth-order valence-corrected chi connectivity index (χ4v) is 4.78. The van der Waals surface area contributed by atoms with Crippen LogP contribution in [0.25, 0.3) is 11.4 Å². The fraction of sp³-hybridized carbons (Fsp3) is 0.381. The number of hydrogen-bond acceptors (Lipinski definition) is 7. The van der Waals surface area contributed by atoms with Gasteiger partial charge >= 0.3 is 11.8 Å². The molecule has 0 unspecified atom stereocenters. The van der Waals surface area contributed by atoms with E-state index in [1.54, 1.807) is 36.1 Å². The van der Waals surface area contributed by atoms with Gasteiger partial charge in [0.05, 0.1) is 17.7 Å². The Morgan fingerprint density at radius 3 is 2.65 bits per heavy atom. The first-order chi connectivity index (χ1) is 14.9. The molecule has 1 aliphatic heterocycles. The number of furan rings is 1. The Hall–Kier alpha value is -2.98. The van der Waals surface area contributed by atoms with Crippen molar-refractivity contribution < 1.29 is 22.2 Å². The van der Waals surface area contributed by atoms with E-state index in [0.29, 0.717) is 30.0 Å². The highest BCUT2D eigenvalue weighted by Gasteiger charge is 2.24. The Kier molecular flexibility index (Phi) is 6.19. The number of rotatable bonds is 6. The highest BCUT2D eigenvalue weighted by atomic mass is 32.2. The molecule has 10 heteroatoms. The molecule has 1 N–H and O–H groups in total. The number of amides is 1. The van der Waals surface area contributed by atoms with E-state index in [9.17, 15) is 13.2 Å². The summed E-state index contributed by atoms with van der Waals surface area (Å²) in [7, 11) is -3.80. The molecule has 1 fully saturated rings. The number of nitrogens with zero attached hydrogens (tertiary/aromatic N) is 3. The summed E-state index contributed by atoms with van der Waals surface area (Å²) in [4.78, 5) is 18.7. The molecule has 0 radical (unpaired) electrons. The van der Waals surface area contributed by atoms with Crippen LogP contribution in [0.15, 0.2) is 50.4 Å². The van der Waals surface area contributed by atoms with Crippen molar-refractivity contribution in [2.75, 3.05) is 13.1 Å². The van der Waals surface area contributed by atoms with E-state index in [4.69, 9.17) is 8.94 Å². The Morgan fingerprint density at radius 1 is 1.16 bits per heavy atom. The minimum atomic E-state index is -3.80. The highest BCUT2D eigenvalue weighted by Crippen LogP contribution is 2.24. The predicted molar refractivity (Wildman–Crippen MR) is 112 cm³/mol. The molecular weight excluding hydrogens is 420 g/mol. The minimum absolute atomic E-state index is 0.0374. The lowest BCUT2D eigenvalue weighted by molar-refractivity contribution is 0.0711. The Balaban J connectivity index is 1.55. The largest absolute Gasteiger partial charge is 0.468 e. The summed E-state index contributed by atoms with van der Waals surface area (Å²) in [6, 6.07) is 8.23. The van der Waals surface area contributed by atoms with Crippen LogP contribution in [0.3, 0.4) is 0 Å². The molecular formula is C21H24N4O5S. The van der Waals surface area contributed by atoms with Gasteiger partial charge in [-0.1, -0.05) is 30.1 Å². The Labute approximate surface area is 180 Å². The summed E-state index contributed by atoms with van der Waals surface area (Å²) in [5.41, 5.74) is 1.02. The number of likely N-dealkylation sites (tertiary alicyclic amines) is 1. The minimum Gasteiger partial charge on any atom is -0.468 e. The Bertz CT molecular complexity index is 1150. The maximum atomic E-state index is 12.8. The maximum absolute atomic E-state index is 12.8. The number of carbonyl (C=O) groups excluding carboxylic acids is 1. The van der Waals surface area contributed by atoms with Crippen molar-refractivity contribution in [2.24, 2.45) is 0 Å². The van der Waals surface area contributed by atoms with Gasteiger partial charge in [0, 0.05) is 18.7 Å². The lowest BCUT2D eigenvalue weighted by Crippen LogP contribution is -2.32. The second-order valence-electron chi connectivity index (χ2n) is 7.51. The molecule has 2 aromatic heterocycles. The number of hydrogen-bond donors (Lipinski definition) is 1. The molecule has 0 spiro atoms. The van der Waals surface area contributed by atoms with Crippen molar-refractivity contribution in [3.63, 3.8) is 0 Å². The third kappa shape index (κ3) is 4.86. The molecule has 31 heavy (non-hydrogen) atoms. The number of benzene rings is 1. The van der Waals surface area contributed by atoms with Gasteiger partial charge in [-0.15, -0.1) is 0 Å². The van der Waals surface area contributed by atoms with Crippen LogP contribution in [0.2, 0.25) is 0 Å². The van der Waals surface area contributed by atoms with Crippen LogP contribution < -0.4 is 4.72 Å². The molecule has 164 valence electrons. The SMILES string of the molecule is Cc1ccc(-c2noc(C(=O)N3CCCCCC3)n2)cc1S(=O)(=O)NCc1ccco1. The first kappa shape index (κ1) is 21.3. The molecule has 9 nitrogen and oxygen atoms in total. The van der Waals surface area contributed by atoms with Crippen molar-refractivity contribution in [1.82, 2.24) is 19.8 Å². The monoisotopic (exact) mass is 444 g/mol. The zero-order valence-corrected chi connectivity index (χ0v) is 18.0. The molecule has 3 aromatic rings. The lowest BCUT2D eigenvalue weighted by Gasteiger charge is -2.17. The summed E-state index contributed by atoms with van der Waals surface area (Å²) < 4.78 is 38.5. The van der Waals surface area contributed by atoms with Gasteiger partial charge in [0.25, 0.3) is 0 Å². The van der Waals surface area contributed by atoms with Crippen LogP contribution in [0.5, 0.6) is 0 Å². The van der Waals surface area contributed by atoms with Gasteiger partial charge in [-0.25, -0.2) is 13.1 Å². The van der Waals surface area contributed by atoms with E-state index in [1.807, 2.05) is 0 Å². The summed E-state index contributed by atoms with van der Waals surface area (Å²) in [6.07, 6.45) is 5.60. The summed E-state index contributed by atoms with van der Waals surface area (Å²) in [5.74, 6) is 0.298. The zero-order chi connectivity index (χ0) is 21.8. The highest BCUT2D eigenvalue weighted by molar-refractivity contribution is 7.89. The van der Waals surface area contributed by atoms with Crippen molar-refractivity contribution in [2.45, 2.75) is 44.0 Å². The molecule has 0 bridgehead atoms. The van der Waals surface area contributed by atoms with E-state index in [2.05, 4.69) is 14.9 Å². The van der Waals surface area contributed by atoms with Crippen LogP contribution in [-0.2, 0) is 16.6 Å². The van der Waals surface area contributed by atoms with Gasteiger partial charge in [-0.3, -0.25) is 4.79 Å². The fourth-order valence-electron chi connectivity index (χ4n) is 3.52. The van der Waals surface area contributed by atoms with Crippen LogP contribution in [-0.4, -0.2) is 42.5 Å². The molecule has 0 saturated carbocycles. The molecule has 0 atom stereocenters. The number of carbonyl (C=O) groups is 1. The topological polar surface area (TPSA) is 119 Å². The van der Waals surface area contributed by atoms with E-state index in [-0.39, 0.29) is 29.1 Å². The average Bonchev–Trinajstić information content (AvgIpc) is 3.39. The molecule has 4 rings (SSSR count). The number of nitrogens with one attached hydrogen (secondary N) is 1. The number of sulfonamides is 1. The van der Waals surface area contributed by atoms with Crippen LogP contribution in [0.1, 0.15) is 47.7 Å².